The number of nitrogens with two attached hydrogens (primary N) is 1. The Hall–Kier alpha value is -1.41. The summed E-state index contributed by atoms with van der Waals surface area (Å²) in [6.45, 7) is 1.09. The van der Waals surface area contributed by atoms with Gasteiger partial charge in [-0.25, -0.2) is 0 Å². The molecule has 4 heteroatoms. The molecule has 0 radical (unpaired) electrons. The monoisotopic (exact) mass is 655 g/mol. The van der Waals surface area contributed by atoms with Crippen LogP contribution in [0.25, 0.3) is 0 Å². The van der Waals surface area contributed by atoms with Gasteiger partial charge in [-0.3, -0.25) is 5.32 Å². The summed E-state index contributed by atoms with van der Waals surface area (Å²) in [7, 11) is 0. The van der Waals surface area contributed by atoms with Gasteiger partial charge in [0.2, 0.25) is 0 Å². The second-order valence-electron chi connectivity index (χ2n) is 17.9. The molecule has 266 valence electrons. The fourth-order valence-corrected chi connectivity index (χ4v) is 12.2. The zero-order valence-corrected chi connectivity index (χ0v) is 30.4. The van der Waals surface area contributed by atoms with Gasteiger partial charge in [0.25, 0.3) is 0 Å². The van der Waals surface area contributed by atoms with E-state index in [1.165, 1.54) is 135 Å². The van der Waals surface area contributed by atoms with E-state index >= 15 is 0 Å². The first-order chi connectivity index (χ1) is 23.7. The maximum atomic E-state index is 9.39. The van der Waals surface area contributed by atoms with Crippen molar-refractivity contribution in [2.24, 2.45) is 70.8 Å². The van der Waals surface area contributed by atoms with Crippen LogP contribution in [0.15, 0.2) is 36.0 Å². The van der Waals surface area contributed by atoms with Gasteiger partial charge in [0, 0.05) is 12.5 Å². The second-order valence-corrected chi connectivity index (χ2v) is 17.9. The number of nitrogens with zero attached hydrogens (tertiary/aromatic N) is 1. The highest BCUT2D eigenvalue weighted by molar-refractivity contribution is 5.17. The Labute approximate surface area is 294 Å². The number of hydrogen-bond acceptors (Lipinski definition) is 4. The summed E-state index contributed by atoms with van der Waals surface area (Å²) in [6.07, 6.45) is 44.8. The normalized spacial score (nSPS) is 39.6. The van der Waals surface area contributed by atoms with Gasteiger partial charge >= 0.3 is 0 Å². The summed E-state index contributed by atoms with van der Waals surface area (Å²) in [5.41, 5.74) is 8.62. The van der Waals surface area contributed by atoms with Gasteiger partial charge in [0.1, 0.15) is 0 Å². The highest BCUT2D eigenvalue weighted by Crippen LogP contribution is 2.53. The predicted octanol–water partition coefficient (Wildman–Crippen LogP) is 10.2. The van der Waals surface area contributed by atoms with E-state index in [0.717, 1.165) is 60.8 Å². The topological polar surface area (TPSA) is 73.9 Å². The molecule has 4 fully saturated rings. The lowest BCUT2D eigenvalue weighted by Gasteiger charge is -2.49. The Morgan fingerprint density at radius 2 is 1.42 bits per heavy atom. The lowest BCUT2D eigenvalue weighted by Crippen LogP contribution is -2.58. The number of nitrogens with one attached hydrogen (secondary N) is 2. The number of allylic oxidation sites excluding steroid dienone is 5. The Balaban J connectivity index is 0.978. The minimum Gasteiger partial charge on any atom is -0.316 e. The minimum atomic E-state index is 0.138. The molecule has 0 saturated heterocycles. The Bertz CT molecular complexity index is 1130. The molecule has 0 amide bonds. The molecule has 7 rings (SSSR count). The molecule has 0 aliphatic heterocycles. The van der Waals surface area contributed by atoms with E-state index in [0.29, 0.717) is 29.8 Å². The Morgan fingerprint density at radius 1 is 0.708 bits per heavy atom. The van der Waals surface area contributed by atoms with Gasteiger partial charge in [-0.15, -0.1) is 0 Å². The number of nitriles is 1. The van der Waals surface area contributed by atoms with Gasteiger partial charge in [-0.05, 0) is 155 Å². The van der Waals surface area contributed by atoms with Crippen LogP contribution in [0.1, 0.15) is 148 Å². The van der Waals surface area contributed by atoms with Crippen LogP contribution in [0, 0.1) is 76.4 Å². The lowest BCUT2D eigenvalue weighted by atomic mass is 9.56. The van der Waals surface area contributed by atoms with Crippen molar-refractivity contribution < 1.29 is 0 Å². The smallest absolute Gasteiger partial charge is 0.0655 e. The van der Waals surface area contributed by atoms with E-state index in [1.54, 1.807) is 5.57 Å². The first-order valence-electron chi connectivity index (χ1n) is 21.4. The summed E-state index contributed by atoms with van der Waals surface area (Å²) in [4.78, 5) is 0. The molecule has 0 spiro atoms. The molecular weight excluding hydrogens is 585 g/mol. The predicted molar refractivity (Wildman–Crippen MR) is 199 cm³/mol. The molecule has 0 bridgehead atoms. The highest BCUT2D eigenvalue weighted by atomic mass is 15.2. The molecule has 7 aliphatic carbocycles. The van der Waals surface area contributed by atoms with Crippen LogP contribution in [-0.4, -0.2) is 18.9 Å². The van der Waals surface area contributed by atoms with Crippen molar-refractivity contribution in [3.8, 4) is 6.07 Å². The fraction of sp³-hybridized carbons (Fsp3) is 0.841. The second kappa shape index (κ2) is 17.2. The third-order valence-electron chi connectivity index (χ3n) is 15.1. The zero-order valence-electron chi connectivity index (χ0n) is 30.4. The van der Waals surface area contributed by atoms with Crippen molar-refractivity contribution in [1.82, 2.24) is 10.6 Å². The van der Waals surface area contributed by atoms with Crippen molar-refractivity contribution in [2.45, 2.75) is 160 Å². The SMILES string of the molecule is N#CC1CCC(C2=CCC(C3C(C4C=CC(CNC(NC(N)C5CCCCC5)C5CCCCC5)CC4)C=CC4CCCCC43)CC2)CC1. The summed E-state index contributed by atoms with van der Waals surface area (Å²) in [5.74, 6) is 7.99. The maximum absolute atomic E-state index is 9.39. The van der Waals surface area contributed by atoms with Crippen LogP contribution < -0.4 is 16.4 Å². The molecule has 0 aromatic heterocycles. The summed E-state index contributed by atoms with van der Waals surface area (Å²) in [5, 5.41) is 17.4. The van der Waals surface area contributed by atoms with E-state index in [4.69, 9.17) is 5.73 Å². The Morgan fingerprint density at radius 3 is 2.10 bits per heavy atom. The molecule has 7 aliphatic rings. The molecule has 48 heavy (non-hydrogen) atoms. The molecule has 4 N–H and O–H groups in total. The number of fused-ring (bicyclic) bond motifs is 1. The average Bonchev–Trinajstić information content (AvgIpc) is 3.17. The number of rotatable bonds is 10. The van der Waals surface area contributed by atoms with Gasteiger partial charge in [0.05, 0.1) is 18.4 Å². The maximum Gasteiger partial charge on any atom is 0.0655 e. The van der Waals surface area contributed by atoms with Gasteiger partial charge in [0.15, 0.2) is 0 Å². The third kappa shape index (κ3) is 8.54. The fourth-order valence-electron chi connectivity index (χ4n) is 12.2. The quantitative estimate of drug-likeness (QED) is 0.162. The van der Waals surface area contributed by atoms with Crippen LogP contribution in [0.5, 0.6) is 0 Å². The molecular formula is C44H70N4. The van der Waals surface area contributed by atoms with Crippen LogP contribution in [-0.2, 0) is 0 Å². The summed E-state index contributed by atoms with van der Waals surface area (Å²) >= 11 is 0. The zero-order chi connectivity index (χ0) is 32.7. The van der Waals surface area contributed by atoms with Crippen LogP contribution in [0.2, 0.25) is 0 Å². The van der Waals surface area contributed by atoms with Crippen molar-refractivity contribution in [2.75, 3.05) is 6.54 Å². The minimum absolute atomic E-state index is 0.138. The molecule has 9 atom stereocenters. The first kappa shape index (κ1) is 35.0. The van der Waals surface area contributed by atoms with Crippen molar-refractivity contribution in [3.63, 3.8) is 0 Å². The van der Waals surface area contributed by atoms with Crippen LogP contribution in [0.3, 0.4) is 0 Å². The molecule has 0 aromatic carbocycles. The molecule has 0 aromatic rings. The summed E-state index contributed by atoms with van der Waals surface area (Å²) in [6, 6.07) is 2.54. The van der Waals surface area contributed by atoms with E-state index in [2.05, 4.69) is 47.1 Å². The largest absolute Gasteiger partial charge is 0.316 e. The number of hydrogen-bond donors (Lipinski definition) is 3. The standard InChI is InChI=1S/C44H70N4/c45-29-31-15-19-33(20-16-31)34-23-25-37(26-24-34)42-40-14-8-7-9-35(40)27-28-41(42)36-21-17-32(18-22-36)30-47-44(39-12-5-2-6-13-39)48-43(46)38-10-3-1-4-11-38/h17,21,23,27-28,31-33,35-44,47-48H,1-16,18-20,22,24-26,30,46H2. The first-order valence-corrected chi connectivity index (χ1v) is 21.4. The van der Waals surface area contributed by atoms with Gasteiger partial charge in [-0.1, -0.05) is 87.3 Å². The molecule has 4 saturated carbocycles. The van der Waals surface area contributed by atoms with Crippen molar-refractivity contribution in [1.29, 1.82) is 5.26 Å². The Kier molecular flexibility index (Phi) is 12.5. The molecule has 4 nitrogen and oxygen atoms in total. The van der Waals surface area contributed by atoms with E-state index < -0.39 is 0 Å². The van der Waals surface area contributed by atoms with Gasteiger partial charge < -0.3 is 11.1 Å². The summed E-state index contributed by atoms with van der Waals surface area (Å²) < 4.78 is 0. The van der Waals surface area contributed by atoms with E-state index in [9.17, 15) is 5.26 Å². The van der Waals surface area contributed by atoms with Crippen molar-refractivity contribution in [3.05, 3.63) is 36.0 Å². The van der Waals surface area contributed by atoms with E-state index in [-0.39, 0.29) is 6.17 Å². The van der Waals surface area contributed by atoms with Crippen LogP contribution in [0.4, 0.5) is 0 Å². The van der Waals surface area contributed by atoms with Crippen LogP contribution >= 0.6 is 0 Å². The molecule has 9 unspecified atom stereocenters. The third-order valence-corrected chi connectivity index (χ3v) is 15.1. The molecule has 0 heterocycles. The lowest BCUT2D eigenvalue weighted by molar-refractivity contribution is 0.0621. The van der Waals surface area contributed by atoms with E-state index in [1.807, 2.05) is 0 Å². The van der Waals surface area contributed by atoms with Gasteiger partial charge in [-0.2, -0.15) is 5.26 Å². The average molecular weight is 655 g/mol. The highest BCUT2D eigenvalue weighted by Gasteiger charge is 2.44. The van der Waals surface area contributed by atoms with Crippen molar-refractivity contribution >= 4 is 0 Å².